The number of benzene rings is 3. The molecule has 29 heavy (non-hydrogen) atoms. The van der Waals surface area contributed by atoms with E-state index in [1.165, 1.54) is 0 Å². The van der Waals surface area contributed by atoms with Gasteiger partial charge in [0.05, 0.1) is 12.2 Å². The molecule has 144 valence electrons. The zero-order valence-corrected chi connectivity index (χ0v) is 16.1. The van der Waals surface area contributed by atoms with Gasteiger partial charge in [0, 0.05) is 11.6 Å². The van der Waals surface area contributed by atoms with E-state index in [0.29, 0.717) is 23.7 Å². The molecule has 0 unspecified atom stereocenters. The van der Waals surface area contributed by atoms with Gasteiger partial charge in [-0.05, 0) is 42.8 Å². The van der Waals surface area contributed by atoms with E-state index in [4.69, 9.17) is 4.74 Å². The zero-order chi connectivity index (χ0) is 20.1. The minimum Gasteiger partial charge on any atom is -0.457 e. The van der Waals surface area contributed by atoms with E-state index < -0.39 is 0 Å². The molecule has 0 aliphatic heterocycles. The summed E-state index contributed by atoms with van der Waals surface area (Å²) in [7, 11) is 0. The number of nitrogens with zero attached hydrogens (tertiary/aromatic N) is 2. The first-order chi connectivity index (χ1) is 14.2. The molecule has 0 atom stereocenters. The van der Waals surface area contributed by atoms with Gasteiger partial charge in [-0.1, -0.05) is 54.6 Å². The molecule has 5 nitrogen and oxygen atoms in total. The van der Waals surface area contributed by atoms with Crippen molar-refractivity contribution in [3.63, 3.8) is 0 Å². The molecule has 0 aliphatic carbocycles. The number of hydrogen-bond donors (Lipinski definition) is 1. The normalized spacial score (nSPS) is 10.5. The van der Waals surface area contributed by atoms with Crippen molar-refractivity contribution < 1.29 is 9.53 Å². The van der Waals surface area contributed by atoms with Crippen molar-refractivity contribution in [3.05, 3.63) is 108 Å². The molecule has 4 aromatic rings. The van der Waals surface area contributed by atoms with Gasteiger partial charge in [0.1, 0.15) is 17.3 Å². The second-order valence-corrected chi connectivity index (χ2v) is 6.71. The van der Waals surface area contributed by atoms with Gasteiger partial charge >= 0.3 is 0 Å². The Morgan fingerprint density at radius 2 is 1.59 bits per heavy atom. The quantitative estimate of drug-likeness (QED) is 0.492. The van der Waals surface area contributed by atoms with Crippen molar-refractivity contribution in [2.45, 2.75) is 13.5 Å². The molecule has 1 amide bonds. The molecule has 0 aliphatic rings. The zero-order valence-electron chi connectivity index (χ0n) is 16.1. The van der Waals surface area contributed by atoms with Crippen LogP contribution in [0.3, 0.4) is 0 Å². The number of carbonyl (C=O) groups is 1. The first-order valence-corrected chi connectivity index (χ1v) is 9.40. The lowest BCUT2D eigenvalue weighted by Gasteiger charge is -2.10. The molecule has 0 bridgehead atoms. The highest BCUT2D eigenvalue weighted by Gasteiger charge is 2.12. The number of ether oxygens (including phenoxy) is 1. The predicted molar refractivity (Wildman–Crippen MR) is 113 cm³/mol. The highest BCUT2D eigenvalue weighted by Crippen LogP contribution is 2.22. The minimum atomic E-state index is -0.210. The van der Waals surface area contributed by atoms with Crippen LogP contribution in [0.1, 0.15) is 21.6 Å². The summed E-state index contributed by atoms with van der Waals surface area (Å²) in [6.45, 7) is 2.49. The van der Waals surface area contributed by atoms with E-state index in [9.17, 15) is 4.79 Å². The van der Waals surface area contributed by atoms with Gasteiger partial charge in [0.15, 0.2) is 0 Å². The van der Waals surface area contributed by atoms with Gasteiger partial charge in [0.2, 0.25) is 0 Å². The van der Waals surface area contributed by atoms with Crippen LogP contribution in [-0.2, 0) is 6.54 Å². The van der Waals surface area contributed by atoms with E-state index >= 15 is 0 Å². The summed E-state index contributed by atoms with van der Waals surface area (Å²) in [5, 5.41) is 7.47. The summed E-state index contributed by atoms with van der Waals surface area (Å²) in [5.41, 5.74) is 2.48. The minimum absolute atomic E-state index is 0.210. The van der Waals surface area contributed by atoms with E-state index in [0.717, 1.165) is 17.0 Å². The Bertz CT molecular complexity index is 1110. The monoisotopic (exact) mass is 383 g/mol. The lowest BCUT2D eigenvalue weighted by atomic mass is 10.2. The number of hydrogen-bond acceptors (Lipinski definition) is 3. The molecule has 3 aromatic carbocycles. The molecule has 0 fully saturated rings. The van der Waals surface area contributed by atoms with Crippen LogP contribution in [0.15, 0.2) is 91.0 Å². The maximum atomic E-state index is 12.8. The number of para-hydroxylation sites is 1. The van der Waals surface area contributed by atoms with Crippen LogP contribution in [0.2, 0.25) is 0 Å². The molecule has 1 N–H and O–H groups in total. The Balaban J connectivity index is 1.51. The molecule has 5 heteroatoms. The van der Waals surface area contributed by atoms with Crippen LogP contribution in [0.4, 0.5) is 5.82 Å². The smallest absolute Gasteiger partial charge is 0.256 e. The van der Waals surface area contributed by atoms with Crippen molar-refractivity contribution in [2.24, 2.45) is 0 Å². The molecule has 0 radical (unpaired) electrons. The van der Waals surface area contributed by atoms with Crippen LogP contribution < -0.4 is 10.1 Å². The summed E-state index contributed by atoms with van der Waals surface area (Å²) in [6.07, 6.45) is 0. The summed E-state index contributed by atoms with van der Waals surface area (Å²) < 4.78 is 7.63. The van der Waals surface area contributed by atoms with E-state index in [-0.39, 0.29) is 5.91 Å². The summed E-state index contributed by atoms with van der Waals surface area (Å²) in [5.74, 6) is 1.78. The number of aromatic nitrogens is 2. The van der Waals surface area contributed by atoms with Gasteiger partial charge in [-0.25, -0.2) is 4.68 Å². The largest absolute Gasteiger partial charge is 0.457 e. The summed E-state index contributed by atoms with van der Waals surface area (Å²) in [6, 6.07) is 28.5. The fraction of sp³-hybridized carbons (Fsp3) is 0.0833. The lowest BCUT2D eigenvalue weighted by Crippen LogP contribution is -2.16. The number of nitrogens with one attached hydrogen (secondary N) is 1. The van der Waals surface area contributed by atoms with Gasteiger partial charge < -0.3 is 10.1 Å². The molecule has 1 heterocycles. The van der Waals surface area contributed by atoms with Gasteiger partial charge in [-0.15, -0.1) is 0 Å². The molecule has 4 rings (SSSR count). The standard InChI is InChI=1S/C24H21N3O2/c1-18-15-23(27(26-18)17-19-9-4-2-5-10-19)25-24(28)20-11-8-14-22(16-20)29-21-12-6-3-7-13-21/h2-16H,17H2,1H3,(H,25,28). The second-order valence-electron chi connectivity index (χ2n) is 6.71. The first-order valence-electron chi connectivity index (χ1n) is 9.40. The first kappa shape index (κ1) is 18.5. The third-order valence-electron chi connectivity index (χ3n) is 4.39. The van der Waals surface area contributed by atoms with Gasteiger partial charge in [-0.3, -0.25) is 4.79 Å². The van der Waals surface area contributed by atoms with E-state index in [2.05, 4.69) is 10.4 Å². The number of rotatable bonds is 6. The van der Waals surface area contributed by atoms with Crippen molar-refractivity contribution in [1.29, 1.82) is 0 Å². The highest BCUT2D eigenvalue weighted by atomic mass is 16.5. The Labute approximate surface area is 169 Å². The maximum Gasteiger partial charge on any atom is 0.256 e. The Kier molecular flexibility index (Phi) is 5.38. The van der Waals surface area contributed by atoms with Crippen LogP contribution in [-0.4, -0.2) is 15.7 Å². The van der Waals surface area contributed by atoms with Crippen molar-refractivity contribution in [2.75, 3.05) is 5.32 Å². The average molecular weight is 383 g/mol. The second kappa shape index (κ2) is 8.44. The number of anilines is 1. The molecule has 0 spiro atoms. The van der Waals surface area contributed by atoms with Gasteiger partial charge in [0.25, 0.3) is 5.91 Å². The average Bonchev–Trinajstić information content (AvgIpc) is 3.08. The predicted octanol–water partition coefficient (Wildman–Crippen LogP) is 5.28. The van der Waals surface area contributed by atoms with Crippen LogP contribution in [0.25, 0.3) is 0 Å². The van der Waals surface area contributed by atoms with E-state index in [1.54, 1.807) is 22.9 Å². The van der Waals surface area contributed by atoms with Crippen LogP contribution in [0, 0.1) is 6.92 Å². The number of amides is 1. The third-order valence-corrected chi connectivity index (χ3v) is 4.39. The topological polar surface area (TPSA) is 56.1 Å². The van der Waals surface area contributed by atoms with E-state index in [1.807, 2.05) is 79.7 Å². The Morgan fingerprint density at radius 1 is 0.897 bits per heavy atom. The van der Waals surface area contributed by atoms with Crippen LogP contribution in [0.5, 0.6) is 11.5 Å². The van der Waals surface area contributed by atoms with Crippen molar-refractivity contribution >= 4 is 11.7 Å². The van der Waals surface area contributed by atoms with Gasteiger partial charge in [-0.2, -0.15) is 5.10 Å². The Hall–Kier alpha value is -3.86. The van der Waals surface area contributed by atoms with Crippen molar-refractivity contribution in [1.82, 2.24) is 9.78 Å². The third kappa shape index (κ3) is 4.71. The summed E-state index contributed by atoms with van der Waals surface area (Å²) >= 11 is 0. The lowest BCUT2D eigenvalue weighted by molar-refractivity contribution is 0.102. The fourth-order valence-corrected chi connectivity index (χ4v) is 3.04. The highest BCUT2D eigenvalue weighted by molar-refractivity contribution is 6.04. The van der Waals surface area contributed by atoms with Crippen LogP contribution >= 0.6 is 0 Å². The SMILES string of the molecule is Cc1cc(NC(=O)c2cccc(Oc3ccccc3)c2)n(Cc2ccccc2)n1. The van der Waals surface area contributed by atoms with Crippen molar-refractivity contribution in [3.8, 4) is 11.5 Å². The molecular weight excluding hydrogens is 362 g/mol. The molecular formula is C24H21N3O2. The maximum absolute atomic E-state index is 12.8. The fourth-order valence-electron chi connectivity index (χ4n) is 3.04. The molecule has 0 saturated carbocycles. The Morgan fingerprint density at radius 3 is 2.34 bits per heavy atom. The molecule has 1 aromatic heterocycles. The molecule has 0 saturated heterocycles. The number of aryl methyl sites for hydroxylation is 1. The summed E-state index contributed by atoms with van der Waals surface area (Å²) in [4.78, 5) is 12.8. The number of carbonyl (C=O) groups excluding carboxylic acids is 1.